The molecule has 0 saturated heterocycles. The average molecular weight is 266 g/mol. The Kier molecular flexibility index (Phi) is 3.99. The fourth-order valence-electron chi connectivity index (χ4n) is 1.53. The summed E-state index contributed by atoms with van der Waals surface area (Å²) < 4.78 is 18.7. The van der Waals surface area contributed by atoms with Crippen molar-refractivity contribution >= 4 is 18.3 Å². The van der Waals surface area contributed by atoms with Crippen LogP contribution in [0.15, 0.2) is 36.4 Å². The second-order valence-electron chi connectivity index (χ2n) is 3.44. The Bertz CT molecular complexity index is 542. The summed E-state index contributed by atoms with van der Waals surface area (Å²) in [6.07, 6.45) is 0. The number of carbonyl (C=O) groups excluding carboxylic acids is 1. The lowest BCUT2D eigenvalue weighted by Gasteiger charge is -1.99. The third-order valence-corrected chi connectivity index (χ3v) is 2.71. The number of aromatic nitrogens is 2. The SMILES string of the molecule is CCOC(=O)c1cc(-c2ccccc2)n(SF)n1. The van der Waals surface area contributed by atoms with Crippen LogP contribution in [0.2, 0.25) is 0 Å². The Morgan fingerprint density at radius 1 is 1.44 bits per heavy atom. The summed E-state index contributed by atoms with van der Waals surface area (Å²) in [4.78, 5) is 11.5. The summed E-state index contributed by atoms with van der Waals surface area (Å²) in [6, 6.07) is 10.7. The maximum absolute atomic E-state index is 12.8. The largest absolute Gasteiger partial charge is 0.461 e. The minimum atomic E-state index is -0.553. The molecule has 0 spiro atoms. The third-order valence-electron chi connectivity index (χ3n) is 2.30. The molecule has 0 amide bonds. The van der Waals surface area contributed by atoms with Crippen molar-refractivity contribution in [2.24, 2.45) is 0 Å². The third kappa shape index (κ3) is 2.53. The van der Waals surface area contributed by atoms with E-state index in [0.717, 1.165) is 9.65 Å². The predicted molar refractivity (Wildman–Crippen MR) is 67.7 cm³/mol. The first kappa shape index (κ1) is 12.6. The second-order valence-corrected chi connectivity index (χ2v) is 3.93. The highest BCUT2D eigenvalue weighted by Gasteiger charge is 2.16. The number of nitrogens with zero attached hydrogens (tertiary/aromatic N) is 2. The molecule has 0 N–H and O–H groups in total. The van der Waals surface area contributed by atoms with E-state index in [9.17, 15) is 8.68 Å². The average Bonchev–Trinajstić information content (AvgIpc) is 2.84. The van der Waals surface area contributed by atoms with Crippen molar-refractivity contribution in [3.63, 3.8) is 0 Å². The fraction of sp³-hybridized carbons (Fsp3) is 0.167. The lowest BCUT2D eigenvalue weighted by molar-refractivity contribution is 0.0519. The summed E-state index contributed by atoms with van der Waals surface area (Å²) in [5.74, 6) is -0.553. The fourth-order valence-corrected chi connectivity index (χ4v) is 1.88. The monoisotopic (exact) mass is 266 g/mol. The molecule has 1 heterocycles. The van der Waals surface area contributed by atoms with Gasteiger partial charge in [-0.3, -0.25) is 0 Å². The molecule has 0 fully saturated rings. The molecule has 2 rings (SSSR count). The molecule has 94 valence electrons. The molecule has 0 unspecified atom stereocenters. The normalized spacial score (nSPS) is 10.3. The van der Waals surface area contributed by atoms with Gasteiger partial charge in [-0.15, -0.1) is 3.89 Å². The number of rotatable bonds is 4. The van der Waals surface area contributed by atoms with Gasteiger partial charge >= 0.3 is 5.97 Å². The Morgan fingerprint density at radius 3 is 2.78 bits per heavy atom. The van der Waals surface area contributed by atoms with Crippen LogP contribution in [0, 0.1) is 0 Å². The van der Waals surface area contributed by atoms with Gasteiger partial charge in [-0.25, -0.2) is 4.79 Å². The lowest BCUT2D eigenvalue weighted by Crippen LogP contribution is -2.05. The van der Waals surface area contributed by atoms with Gasteiger partial charge < -0.3 is 4.74 Å². The van der Waals surface area contributed by atoms with Gasteiger partial charge in [0.25, 0.3) is 0 Å². The van der Waals surface area contributed by atoms with Crippen molar-refractivity contribution in [2.75, 3.05) is 6.61 Å². The Balaban J connectivity index is 2.39. The van der Waals surface area contributed by atoms with E-state index in [2.05, 4.69) is 5.10 Å². The first-order valence-corrected chi connectivity index (χ1v) is 6.05. The van der Waals surface area contributed by atoms with Crippen LogP contribution in [0.1, 0.15) is 17.4 Å². The molecule has 0 aliphatic carbocycles. The van der Waals surface area contributed by atoms with Gasteiger partial charge in [-0.05, 0) is 6.92 Å². The maximum atomic E-state index is 12.8. The highest BCUT2D eigenvalue weighted by atomic mass is 32.2. The molecule has 0 atom stereocenters. The van der Waals surface area contributed by atoms with E-state index in [0.29, 0.717) is 5.69 Å². The smallest absolute Gasteiger partial charge is 0.358 e. The zero-order valence-electron chi connectivity index (χ0n) is 9.67. The van der Waals surface area contributed by atoms with Gasteiger partial charge in [0.2, 0.25) is 0 Å². The van der Waals surface area contributed by atoms with Gasteiger partial charge in [0.05, 0.1) is 12.3 Å². The van der Waals surface area contributed by atoms with E-state index >= 15 is 0 Å². The number of hydrogen-bond donors (Lipinski definition) is 0. The van der Waals surface area contributed by atoms with Crippen molar-refractivity contribution in [2.45, 2.75) is 6.92 Å². The van der Waals surface area contributed by atoms with Crippen molar-refractivity contribution in [3.05, 3.63) is 42.1 Å². The molecule has 6 heteroatoms. The van der Waals surface area contributed by atoms with E-state index in [4.69, 9.17) is 4.74 Å². The molecule has 0 saturated carbocycles. The van der Waals surface area contributed by atoms with E-state index < -0.39 is 5.97 Å². The van der Waals surface area contributed by atoms with Crippen LogP contribution in [0.3, 0.4) is 0 Å². The summed E-state index contributed by atoms with van der Waals surface area (Å²) in [7, 11) is 0. The molecule has 0 aliphatic rings. The number of carbonyl (C=O) groups is 1. The quantitative estimate of drug-likeness (QED) is 0.798. The molecular weight excluding hydrogens is 255 g/mol. The number of halogens is 1. The van der Waals surface area contributed by atoms with Crippen LogP contribution in [-0.4, -0.2) is 21.8 Å². The van der Waals surface area contributed by atoms with Crippen LogP contribution in [-0.2, 0) is 4.74 Å². The zero-order chi connectivity index (χ0) is 13.0. The van der Waals surface area contributed by atoms with Crippen LogP contribution < -0.4 is 0 Å². The van der Waals surface area contributed by atoms with Gasteiger partial charge in [-0.1, -0.05) is 30.3 Å². The Hall–Kier alpha value is -1.82. The minimum Gasteiger partial charge on any atom is -0.461 e. The topological polar surface area (TPSA) is 44.1 Å². The van der Waals surface area contributed by atoms with Crippen LogP contribution >= 0.6 is 12.3 Å². The standard InChI is InChI=1S/C12H11FN2O2S/c1-2-17-12(16)10-8-11(15(14-10)18-13)9-6-4-3-5-7-9/h3-8H,2H2,1H3. The maximum Gasteiger partial charge on any atom is 0.358 e. The summed E-state index contributed by atoms with van der Waals surface area (Å²) in [5, 5.41) is 3.85. The second kappa shape index (κ2) is 5.68. The van der Waals surface area contributed by atoms with Gasteiger partial charge in [-0.2, -0.15) is 9.19 Å². The molecule has 4 nitrogen and oxygen atoms in total. The lowest BCUT2D eigenvalue weighted by atomic mass is 10.1. The molecule has 0 radical (unpaired) electrons. The molecule has 18 heavy (non-hydrogen) atoms. The van der Waals surface area contributed by atoms with E-state index in [1.807, 2.05) is 30.3 Å². The Labute approximate surface area is 108 Å². The number of esters is 1. The van der Waals surface area contributed by atoms with Gasteiger partial charge in [0.15, 0.2) is 18.0 Å². The molecular formula is C12H11FN2O2S. The number of ether oxygens (including phenoxy) is 1. The molecule has 0 bridgehead atoms. The van der Waals surface area contributed by atoms with Crippen molar-refractivity contribution in [1.29, 1.82) is 0 Å². The zero-order valence-corrected chi connectivity index (χ0v) is 10.5. The molecule has 1 aromatic carbocycles. The Morgan fingerprint density at radius 2 is 2.17 bits per heavy atom. The summed E-state index contributed by atoms with van der Waals surface area (Å²) >= 11 is -0.0556. The van der Waals surface area contributed by atoms with Gasteiger partial charge in [0, 0.05) is 11.6 Å². The van der Waals surface area contributed by atoms with E-state index in [1.165, 1.54) is 6.07 Å². The van der Waals surface area contributed by atoms with Crippen molar-refractivity contribution in [3.8, 4) is 11.3 Å². The molecule has 0 aliphatic heterocycles. The highest BCUT2D eigenvalue weighted by molar-refractivity contribution is 7.92. The van der Waals surface area contributed by atoms with Crippen LogP contribution in [0.4, 0.5) is 3.89 Å². The predicted octanol–water partition coefficient (Wildman–Crippen LogP) is 3.11. The first-order valence-electron chi connectivity index (χ1n) is 5.38. The number of benzene rings is 1. The van der Waals surface area contributed by atoms with Gasteiger partial charge in [0.1, 0.15) is 0 Å². The molecule has 1 aromatic heterocycles. The minimum absolute atomic E-state index is 0.0556. The summed E-state index contributed by atoms with van der Waals surface area (Å²) in [6.45, 7) is 1.96. The first-order chi connectivity index (χ1) is 8.76. The number of hydrogen-bond acceptors (Lipinski definition) is 4. The van der Waals surface area contributed by atoms with Crippen molar-refractivity contribution in [1.82, 2.24) is 9.19 Å². The van der Waals surface area contributed by atoms with E-state index in [-0.39, 0.29) is 24.6 Å². The van der Waals surface area contributed by atoms with Crippen molar-refractivity contribution < 1.29 is 13.4 Å². The van der Waals surface area contributed by atoms with E-state index in [1.54, 1.807) is 6.92 Å². The summed E-state index contributed by atoms with van der Waals surface area (Å²) in [5.41, 5.74) is 1.40. The molecule has 2 aromatic rings. The van der Waals surface area contributed by atoms with Crippen LogP contribution in [0.5, 0.6) is 0 Å². The van der Waals surface area contributed by atoms with Crippen LogP contribution in [0.25, 0.3) is 11.3 Å². The highest BCUT2D eigenvalue weighted by Crippen LogP contribution is 2.24.